The van der Waals surface area contributed by atoms with Crippen LogP contribution in [0.15, 0.2) is 53.8 Å². The van der Waals surface area contributed by atoms with E-state index in [0.29, 0.717) is 12.0 Å². The second-order valence-corrected chi connectivity index (χ2v) is 4.53. The summed E-state index contributed by atoms with van der Waals surface area (Å²) in [5, 5.41) is 4.10. The first-order chi connectivity index (χ1) is 9.74. The maximum Gasteiger partial charge on any atom is 0.248 e. The van der Waals surface area contributed by atoms with Crippen LogP contribution in [-0.4, -0.2) is 16.6 Å². The van der Waals surface area contributed by atoms with Gasteiger partial charge in [0.1, 0.15) is 0 Å². The molecule has 3 rings (SSSR count). The summed E-state index contributed by atoms with van der Waals surface area (Å²) in [5.74, 6) is -0.437. The number of carbonyl (C=O) groups excluding carboxylic acids is 1. The first-order valence-electron chi connectivity index (χ1n) is 6.28. The topological polar surface area (TPSA) is 77.6 Å². The average Bonchev–Trinajstić information content (AvgIpc) is 2.98. The van der Waals surface area contributed by atoms with Crippen LogP contribution < -0.4 is 5.73 Å². The Labute approximate surface area is 116 Å². The van der Waals surface area contributed by atoms with E-state index < -0.39 is 5.91 Å². The van der Waals surface area contributed by atoms with Gasteiger partial charge in [0, 0.05) is 18.2 Å². The second kappa shape index (κ2) is 5.13. The second-order valence-electron chi connectivity index (χ2n) is 4.53. The van der Waals surface area contributed by atoms with Gasteiger partial charge < -0.3 is 10.6 Å². The SMILES string of the molecule is NC(=O)c1ccc(C2=NOC(c3ccccn3)C2)cc1. The minimum atomic E-state index is -0.437. The van der Waals surface area contributed by atoms with E-state index in [1.807, 2.05) is 30.3 Å². The fraction of sp³-hybridized carbons (Fsp3) is 0.133. The molecule has 20 heavy (non-hydrogen) atoms. The molecular weight excluding hydrogens is 254 g/mol. The minimum Gasteiger partial charge on any atom is -0.385 e. The number of nitrogens with two attached hydrogens (primary N) is 1. The number of benzene rings is 1. The van der Waals surface area contributed by atoms with Gasteiger partial charge in [-0.15, -0.1) is 0 Å². The van der Waals surface area contributed by atoms with Crippen LogP contribution in [0.2, 0.25) is 0 Å². The van der Waals surface area contributed by atoms with Crippen molar-refractivity contribution in [1.29, 1.82) is 0 Å². The van der Waals surface area contributed by atoms with E-state index in [1.165, 1.54) is 0 Å². The molecule has 100 valence electrons. The van der Waals surface area contributed by atoms with Gasteiger partial charge in [-0.05, 0) is 29.8 Å². The number of primary amides is 1. The molecular formula is C15H13N3O2. The number of aromatic nitrogens is 1. The molecule has 1 amide bonds. The normalized spacial score (nSPS) is 17.4. The average molecular weight is 267 g/mol. The third kappa shape index (κ3) is 2.38. The first kappa shape index (κ1) is 12.3. The van der Waals surface area contributed by atoms with Gasteiger partial charge in [-0.3, -0.25) is 9.78 Å². The Balaban J connectivity index is 1.75. The highest BCUT2D eigenvalue weighted by Gasteiger charge is 2.24. The van der Waals surface area contributed by atoms with Gasteiger partial charge in [0.2, 0.25) is 5.91 Å². The number of nitrogens with zero attached hydrogens (tertiary/aromatic N) is 2. The van der Waals surface area contributed by atoms with Crippen LogP contribution in [0.4, 0.5) is 0 Å². The summed E-state index contributed by atoms with van der Waals surface area (Å²) in [5.41, 5.74) is 8.32. The zero-order valence-corrected chi connectivity index (χ0v) is 10.7. The lowest BCUT2D eigenvalue weighted by molar-refractivity contribution is 0.0826. The van der Waals surface area contributed by atoms with E-state index in [4.69, 9.17) is 10.6 Å². The third-order valence-corrected chi connectivity index (χ3v) is 3.19. The van der Waals surface area contributed by atoms with E-state index in [-0.39, 0.29) is 6.10 Å². The number of pyridine rings is 1. The molecule has 0 radical (unpaired) electrons. The number of hydrogen-bond donors (Lipinski definition) is 1. The summed E-state index contributed by atoms with van der Waals surface area (Å²) < 4.78 is 0. The van der Waals surface area contributed by atoms with Crippen molar-refractivity contribution in [2.24, 2.45) is 10.9 Å². The molecule has 2 N–H and O–H groups in total. The Morgan fingerprint density at radius 1 is 1.20 bits per heavy atom. The largest absolute Gasteiger partial charge is 0.385 e. The predicted octanol–water partition coefficient (Wildman–Crippen LogP) is 2.05. The fourth-order valence-corrected chi connectivity index (χ4v) is 2.10. The zero-order chi connectivity index (χ0) is 13.9. The Hall–Kier alpha value is -2.69. The van der Waals surface area contributed by atoms with Crippen molar-refractivity contribution >= 4 is 11.6 Å². The van der Waals surface area contributed by atoms with Crippen molar-refractivity contribution in [3.8, 4) is 0 Å². The molecule has 1 aromatic carbocycles. The van der Waals surface area contributed by atoms with Gasteiger partial charge in [-0.2, -0.15) is 0 Å². The van der Waals surface area contributed by atoms with Gasteiger partial charge in [0.15, 0.2) is 6.10 Å². The molecule has 2 heterocycles. The Morgan fingerprint density at radius 2 is 2.00 bits per heavy atom. The number of amides is 1. The first-order valence-corrected chi connectivity index (χ1v) is 6.28. The smallest absolute Gasteiger partial charge is 0.248 e. The Morgan fingerprint density at radius 3 is 2.65 bits per heavy atom. The van der Waals surface area contributed by atoms with Crippen molar-refractivity contribution in [2.75, 3.05) is 0 Å². The van der Waals surface area contributed by atoms with Crippen molar-refractivity contribution in [2.45, 2.75) is 12.5 Å². The van der Waals surface area contributed by atoms with Gasteiger partial charge in [0.05, 0.1) is 11.4 Å². The molecule has 1 aliphatic rings. The molecule has 1 aromatic heterocycles. The number of oxime groups is 1. The number of carbonyl (C=O) groups is 1. The molecule has 0 aliphatic carbocycles. The van der Waals surface area contributed by atoms with Crippen LogP contribution in [0.5, 0.6) is 0 Å². The summed E-state index contributed by atoms with van der Waals surface area (Å²) in [4.78, 5) is 20.7. The highest BCUT2D eigenvalue weighted by atomic mass is 16.6. The van der Waals surface area contributed by atoms with Gasteiger partial charge >= 0.3 is 0 Å². The highest BCUT2D eigenvalue weighted by molar-refractivity contribution is 6.02. The predicted molar refractivity (Wildman–Crippen MR) is 74.2 cm³/mol. The maximum atomic E-state index is 11.0. The molecule has 1 atom stereocenters. The minimum absolute atomic E-state index is 0.151. The molecule has 2 aromatic rings. The molecule has 5 nitrogen and oxygen atoms in total. The van der Waals surface area contributed by atoms with E-state index in [1.54, 1.807) is 18.3 Å². The highest BCUT2D eigenvalue weighted by Crippen LogP contribution is 2.28. The number of hydrogen-bond acceptors (Lipinski definition) is 4. The van der Waals surface area contributed by atoms with E-state index in [0.717, 1.165) is 17.0 Å². The summed E-state index contributed by atoms with van der Waals surface area (Å²) in [6.07, 6.45) is 2.24. The van der Waals surface area contributed by atoms with Crippen molar-refractivity contribution < 1.29 is 9.63 Å². The Bertz CT molecular complexity index is 651. The molecule has 0 saturated heterocycles. The van der Waals surface area contributed by atoms with Crippen LogP contribution in [0.25, 0.3) is 0 Å². The van der Waals surface area contributed by atoms with Crippen molar-refractivity contribution in [1.82, 2.24) is 4.98 Å². The van der Waals surface area contributed by atoms with Gasteiger partial charge in [0.25, 0.3) is 0 Å². The van der Waals surface area contributed by atoms with Gasteiger partial charge in [-0.25, -0.2) is 0 Å². The molecule has 0 saturated carbocycles. The zero-order valence-electron chi connectivity index (χ0n) is 10.7. The lowest BCUT2D eigenvalue weighted by Crippen LogP contribution is -2.11. The van der Waals surface area contributed by atoms with Crippen LogP contribution in [0, 0.1) is 0 Å². The lowest BCUT2D eigenvalue weighted by atomic mass is 10.0. The summed E-state index contributed by atoms with van der Waals surface area (Å²) in [7, 11) is 0. The van der Waals surface area contributed by atoms with Crippen LogP contribution in [0.1, 0.15) is 34.1 Å². The molecule has 5 heteroatoms. The maximum absolute atomic E-state index is 11.0. The van der Waals surface area contributed by atoms with Crippen LogP contribution in [0.3, 0.4) is 0 Å². The summed E-state index contributed by atoms with van der Waals surface area (Å²) >= 11 is 0. The van der Waals surface area contributed by atoms with Crippen molar-refractivity contribution in [3.05, 3.63) is 65.5 Å². The van der Waals surface area contributed by atoms with E-state index in [2.05, 4.69) is 10.1 Å². The molecule has 0 spiro atoms. The standard InChI is InChI=1S/C15H13N3O2/c16-15(19)11-6-4-10(5-7-11)13-9-14(20-18-13)12-3-1-2-8-17-12/h1-8,14H,9H2,(H2,16,19). The summed E-state index contributed by atoms with van der Waals surface area (Å²) in [6, 6.07) is 12.7. The van der Waals surface area contributed by atoms with Crippen molar-refractivity contribution in [3.63, 3.8) is 0 Å². The quantitative estimate of drug-likeness (QED) is 0.924. The number of rotatable bonds is 3. The third-order valence-electron chi connectivity index (χ3n) is 3.19. The molecule has 0 bridgehead atoms. The molecule has 1 aliphatic heterocycles. The molecule has 1 unspecified atom stereocenters. The van der Waals surface area contributed by atoms with E-state index >= 15 is 0 Å². The summed E-state index contributed by atoms with van der Waals surface area (Å²) in [6.45, 7) is 0. The Kier molecular flexibility index (Phi) is 3.16. The van der Waals surface area contributed by atoms with Crippen LogP contribution >= 0.6 is 0 Å². The lowest BCUT2D eigenvalue weighted by Gasteiger charge is -2.06. The monoisotopic (exact) mass is 267 g/mol. The van der Waals surface area contributed by atoms with Crippen LogP contribution in [-0.2, 0) is 4.84 Å². The fourth-order valence-electron chi connectivity index (χ4n) is 2.10. The van der Waals surface area contributed by atoms with E-state index in [9.17, 15) is 4.79 Å². The van der Waals surface area contributed by atoms with Gasteiger partial charge in [-0.1, -0.05) is 23.4 Å². The molecule has 0 fully saturated rings.